The lowest BCUT2D eigenvalue weighted by Crippen LogP contribution is -2.58. The molecule has 1 heterocycles. The molecule has 1 aliphatic heterocycles. The smallest absolute Gasteiger partial charge is 0.434 e. The minimum atomic E-state index is -1.38. The first-order chi connectivity index (χ1) is 13.2. The van der Waals surface area contributed by atoms with Crippen molar-refractivity contribution < 1.29 is 19.8 Å². The van der Waals surface area contributed by atoms with E-state index in [1.165, 1.54) is 24.1 Å². The standard InChI is InChI=1S/C19H21N5O4/c1-19(10-16(26)24(2)17(23-19)22-18(27)28)11-4-3-5-12(8-11)21-15-7-6-13(25)9-14(15)20/h3-9,21,25H,10,20H2,1-2H3,(H,22,23)(H,27,28)/t19-/m0/s1. The predicted octanol–water partition coefficient (Wildman–Crippen LogP) is 2.42. The first-order valence-electron chi connectivity index (χ1n) is 8.50. The van der Waals surface area contributed by atoms with Gasteiger partial charge in [0.05, 0.1) is 23.3 Å². The van der Waals surface area contributed by atoms with E-state index in [9.17, 15) is 14.7 Å². The SMILES string of the molecule is CN1C(=O)C[C@@](C)(c2cccc(Nc3ccc(O)cc3N)c2)N/C1=N\C(=O)O. The van der Waals surface area contributed by atoms with Crippen LogP contribution < -0.4 is 16.4 Å². The van der Waals surface area contributed by atoms with E-state index in [4.69, 9.17) is 10.8 Å². The average molecular weight is 383 g/mol. The maximum atomic E-state index is 12.4. The Balaban J connectivity index is 1.92. The quantitative estimate of drug-likeness (QED) is 0.405. The molecule has 0 aromatic heterocycles. The van der Waals surface area contributed by atoms with Gasteiger partial charge in [-0.05, 0) is 36.8 Å². The first-order valence-corrected chi connectivity index (χ1v) is 8.50. The van der Waals surface area contributed by atoms with Crippen LogP contribution in [0.3, 0.4) is 0 Å². The summed E-state index contributed by atoms with van der Waals surface area (Å²) in [6.07, 6.45) is -1.25. The Labute approximate surface area is 161 Å². The second-order valence-corrected chi connectivity index (χ2v) is 6.78. The second-order valence-electron chi connectivity index (χ2n) is 6.78. The van der Waals surface area contributed by atoms with Gasteiger partial charge in [0.25, 0.3) is 0 Å². The summed E-state index contributed by atoms with van der Waals surface area (Å²) in [7, 11) is 1.47. The minimum absolute atomic E-state index is 0.0209. The lowest BCUT2D eigenvalue weighted by Gasteiger charge is -2.40. The van der Waals surface area contributed by atoms with E-state index in [0.29, 0.717) is 11.4 Å². The number of phenols is 1. The van der Waals surface area contributed by atoms with E-state index in [2.05, 4.69) is 15.6 Å². The molecule has 1 atom stereocenters. The summed E-state index contributed by atoms with van der Waals surface area (Å²) in [4.78, 5) is 28.0. The largest absolute Gasteiger partial charge is 0.508 e. The van der Waals surface area contributed by atoms with E-state index < -0.39 is 11.6 Å². The van der Waals surface area contributed by atoms with Crippen LogP contribution in [0.25, 0.3) is 0 Å². The molecule has 146 valence electrons. The number of phenolic OH excluding ortho intramolecular Hbond substituents is 1. The number of guanidine groups is 1. The van der Waals surface area contributed by atoms with Gasteiger partial charge in [-0.3, -0.25) is 9.69 Å². The number of nitrogens with zero attached hydrogens (tertiary/aromatic N) is 2. The maximum absolute atomic E-state index is 12.4. The third-order valence-electron chi connectivity index (χ3n) is 4.60. The molecule has 0 bridgehead atoms. The Bertz CT molecular complexity index is 975. The molecule has 2 aromatic rings. The first kappa shape index (κ1) is 19.0. The van der Waals surface area contributed by atoms with Gasteiger partial charge < -0.3 is 26.6 Å². The lowest BCUT2D eigenvalue weighted by molar-refractivity contribution is -0.129. The number of nitrogens with two attached hydrogens (primary N) is 1. The van der Waals surface area contributed by atoms with Crippen molar-refractivity contribution in [2.75, 3.05) is 18.1 Å². The van der Waals surface area contributed by atoms with Crippen LogP contribution >= 0.6 is 0 Å². The number of carbonyl (C=O) groups is 2. The van der Waals surface area contributed by atoms with Gasteiger partial charge in [-0.1, -0.05) is 12.1 Å². The van der Waals surface area contributed by atoms with Crippen LogP contribution in [0, 0.1) is 0 Å². The monoisotopic (exact) mass is 383 g/mol. The Morgan fingerprint density at radius 2 is 2.07 bits per heavy atom. The van der Waals surface area contributed by atoms with Crippen molar-refractivity contribution >= 4 is 35.0 Å². The van der Waals surface area contributed by atoms with Gasteiger partial charge in [0.15, 0.2) is 0 Å². The summed E-state index contributed by atoms with van der Waals surface area (Å²) in [5.74, 6) is -0.196. The highest BCUT2D eigenvalue weighted by Crippen LogP contribution is 2.32. The van der Waals surface area contributed by atoms with Crippen molar-refractivity contribution in [1.82, 2.24) is 10.2 Å². The van der Waals surface area contributed by atoms with Gasteiger partial charge in [-0.15, -0.1) is 4.99 Å². The van der Waals surface area contributed by atoms with Crippen LogP contribution in [0.15, 0.2) is 47.5 Å². The van der Waals surface area contributed by atoms with E-state index >= 15 is 0 Å². The summed E-state index contributed by atoms with van der Waals surface area (Å²) in [6, 6.07) is 12.0. The Morgan fingerprint density at radius 3 is 2.75 bits per heavy atom. The number of amides is 2. The summed E-state index contributed by atoms with van der Waals surface area (Å²) in [6.45, 7) is 1.81. The summed E-state index contributed by atoms with van der Waals surface area (Å²) in [5.41, 5.74) is 7.59. The second kappa shape index (κ2) is 7.10. The molecule has 1 saturated heterocycles. The van der Waals surface area contributed by atoms with Crippen LogP contribution in [0.2, 0.25) is 0 Å². The number of nitrogens with one attached hydrogen (secondary N) is 2. The van der Waals surface area contributed by atoms with Crippen molar-refractivity contribution in [2.24, 2.45) is 4.99 Å². The summed E-state index contributed by atoms with van der Waals surface area (Å²) < 4.78 is 0. The van der Waals surface area contributed by atoms with Crippen LogP contribution in [-0.2, 0) is 10.3 Å². The molecule has 0 spiro atoms. The molecule has 0 radical (unpaired) electrons. The van der Waals surface area contributed by atoms with Crippen molar-refractivity contribution in [3.63, 3.8) is 0 Å². The fourth-order valence-corrected chi connectivity index (χ4v) is 3.04. The highest BCUT2D eigenvalue weighted by atomic mass is 16.4. The Morgan fingerprint density at radius 1 is 1.32 bits per heavy atom. The molecule has 2 aromatic carbocycles. The molecule has 0 aliphatic carbocycles. The molecule has 28 heavy (non-hydrogen) atoms. The van der Waals surface area contributed by atoms with Crippen molar-refractivity contribution in [3.8, 4) is 5.75 Å². The molecule has 9 nitrogen and oxygen atoms in total. The molecular weight excluding hydrogens is 362 g/mol. The highest BCUT2D eigenvalue weighted by Gasteiger charge is 2.38. The van der Waals surface area contributed by atoms with Gasteiger partial charge in [0.1, 0.15) is 5.75 Å². The Hall–Kier alpha value is -3.75. The van der Waals surface area contributed by atoms with Crippen LogP contribution in [0.5, 0.6) is 5.75 Å². The molecule has 3 rings (SSSR count). The molecular formula is C19H21N5O4. The molecule has 0 saturated carbocycles. The zero-order valence-corrected chi connectivity index (χ0v) is 15.4. The summed E-state index contributed by atoms with van der Waals surface area (Å²) in [5, 5.41) is 24.7. The third kappa shape index (κ3) is 3.83. The zero-order chi connectivity index (χ0) is 20.5. The number of anilines is 3. The van der Waals surface area contributed by atoms with Crippen molar-refractivity contribution in [1.29, 1.82) is 0 Å². The normalized spacial score (nSPS) is 20.7. The van der Waals surface area contributed by atoms with Crippen LogP contribution in [0.4, 0.5) is 21.9 Å². The number of hydrogen-bond donors (Lipinski definition) is 5. The molecule has 2 amide bonds. The van der Waals surface area contributed by atoms with E-state index in [0.717, 1.165) is 11.3 Å². The summed E-state index contributed by atoms with van der Waals surface area (Å²) >= 11 is 0. The van der Waals surface area contributed by atoms with Crippen molar-refractivity contribution in [2.45, 2.75) is 18.9 Å². The molecule has 1 aliphatic rings. The van der Waals surface area contributed by atoms with Gasteiger partial charge in [-0.25, -0.2) is 4.79 Å². The number of aromatic hydroxyl groups is 1. The van der Waals surface area contributed by atoms with E-state index in [1.807, 2.05) is 31.2 Å². The number of rotatable bonds is 3. The number of benzene rings is 2. The van der Waals surface area contributed by atoms with Gasteiger partial charge in [0.2, 0.25) is 11.9 Å². The fraction of sp³-hybridized carbons (Fsp3) is 0.211. The molecule has 9 heteroatoms. The predicted molar refractivity (Wildman–Crippen MR) is 106 cm³/mol. The van der Waals surface area contributed by atoms with E-state index in [-0.39, 0.29) is 24.0 Å². The Kier molecular flexibility index (Phi) is 4.83. The van der Waals surface area contributed by atoms with Gasteiger partial charge in [0, 0.05) is 18.8 Å². The average Bonchev–Trinajstić information content (AvgIpc) is 2.62. The number of hydrogen-bond acceptors (Lipinski definition) is 5. The van der Waals surface area contributed by atoms with E-state index in [1.54, 1.807) is 6.07 Å². The number of nitrogen functional groups attached to an aromatic ring is 1. The molecule has 1 fully saturated rings. The number of aliphatic imine (C=N–C) groups is 1. The van der Waals surface area contributed by atoms with Crippen molar-refractivity contribution in [3.05, 3.63) is 48.0 Å². The number of carbonyl (C=O) groups excluding carboxylic acids is 1. The van der Waals surface area contributed by atoms with Crippen LogP contribution in [-0.4, -0.2) is 40.1 Å². The minimum Gasteiger partial charge on any atom is -0.508 e. The van der Waals surface area contributed by atoms with Gasteiger partial charge in [-0.2, -0.15) is 0 Å². The lowest BCUT2D eigenvalue weighted by atomic mass is 9.86. The fourth-order valence-electron chi connectivity index (χ4n) is 3.04. The maximum Gasteiger partial charge on any atom is 0.434 e. The highest BCUT2D eigenvalue weighted by molar-refractivity contribution is 6.03. The molecule has 6 N–H and O–H groups in total. The topological polar surface area (TPSA) is 140 Å². The van der Waals surface area contributed by atoms with Crippen LogP contribution in [0.1, 0.15) is 18.9 Å². The third-order valence-corrected chi connectivity index (χ3v) is 4.60. The molecule has 0 unspecified atom stereocenters. The van der Waals surface area contributed by atoms with Gasteiger partial charge >= 0.3 is 6.09 Å². The zero-order valence-electron chi connectivity index (χ0n) is 15.4. The number of carboxylic acid groups (broad SMARTS) is 1.